The van der Waals surface area contributed by atoms with E-state index in [1.807, 2.05) is 24.3 Å². The Morgan fingerprint density at radius 2 is 1.74 bits per heavy atom. The molecule has 1 fully saturated rings. The number of benzene rings is 2. The van der Waals surface area contributed by atoms with E-state index in [9.17, 15) is 4.79 Å². The second-order valence-corrected chi connectivity index (χ2v) is 7.70. The summed E-state index contributed by atoms with van der Waals surface area (Å²) in [6.45, 7) is 9.95. The smallest absolute Gasteiger partial charge is 0.258 e. The second-order valence-electron chi connectivity index (χ2n) is 7.70. The van der Waals surface area contributed by atoms with Crippen molar-refractivity contribution in [2.24, 2.45) is 0 Å². The predicted octanol–water partition coefficient (Wildman–Crippen LogP) is 0.276. The first-order valence-corrected chi connectivity index (χ1v) is 9.83. The number of nitrogens with one attached hydrogen (secondary N) is 3. The molecular weight excluding hydrogens is 336 g/mol. The largest absolute Gasteiger partial charge is 0.322 e. The molecule has 0 bridgehead atoms. The molecule has 140 valence electrons. The van der Waals surface area contributed by atoms with E-state index < -0.39 is 0 Å². The Labute approximate surface area is 159 Å². The van der Waals surface area contributed by atoms with Gasteiger partial charge in [-0.15, -0.1) is 0 Å². The van der Waals surface area contributed by atoms with Crippen molar-refractivity contribution in [1.29, 1.82) is 0 Å². The van der Waals surface area contributed by atoms with Gasteiger partial charge in [-0.25, -0.2) is 4.98 Å². The van der Waals surface area contributed by atoms with Crippen LogP contribution in [0.1, 0.15) is 29.9 Å². The third kappa shape index (κ3) is 3.80. The lowest BCUT2D eigenvalue weighted by Crippen LogP contribution is -3.27. The van der Waals surface area contributed by atoms with Crippen LogP contribution >= 0.6 is 0 Å². The first-order valence-electron chi connectivity index (χ1n) is 9.83. The van der Waals surface area contributed by atoms with E-state index in [2.05, 4.69) is 43.1 Å². The Balaban J connectivity index is 1.44. The maximum Gasteiger partial charge on any atom is 0.258 e. The van der Waals surface area contributed by atoms with E-state index in [1.54, 1.807) is 4.90 Å². The van der Waals surface area contributed by atoms with E-state index in [0.717, 1.165) is 44.1 Å². The molecule has 0 saturated carbocycles. The number of quaternary nitrogens is 2. The van der Waals surface area contributed by atoms with Crippen molar-refractivity contribution in [2.45, 2.75) is 26.4 Å². The number of hydrogen-bond acceptors (Lipinski definition) is 2. The average molecular weight is 364 g/mol. The molecule has 1 atom stereocenters. The summed E-state index contributed by atoms with van der Waals surface area (Å²) < 4.78 is 0. The minimum absolute atomic E-state index is 0.0364. The summed E-state index contributed by atoms with van der Waals surface area (Å²) in [5.74, 6) is 0.802. The van der Waals surface area contributed by atoms with Gasteiger partial charge in [-0.3, -0.25) is 4.79 Å². The molecule has 0 radical (unpaired) electrons. The Morgan fingerprint density at radius 3 is 2.52 bits per heavy atom. The third-order valence-corrected chi connectivity index (χ3v) is 5.95. The van der Waals surface area contributed by atoms with Crippen LogP contribution in [-0.2, 0) is 6.54 Å². The average Bonchev–Trinajstić information content (AvgIpc) is 2.70. The Morgan fingerprint density at radius 1 is 1.04 bits per heavy atom. The van der Waals surface area contributed by atoms with Crippen molar-refractivity contribution < 1.29 is 9.80 Å². The van der Waals surface area contributed by atoms with Gasteiger partial charge in [0.15, 0.2) is 5.82 Å². The first-order chi connectivity index (χ1) is 13.1. The molecule has 2 aromatic carbocycles. The summed E-state index contributed by atoms with van der Waals surface area (Å²) in [6.07, 6.45) is 0. The van der Waals surface area contributed by atoms with Crippen LogP contribution in [0.2, 0.25) is 0 Å². The number of aromatic nitrogens is 2. The second kappa shape index (κ2) is 7.62. The molecule has 0 amide bonds. The van der Waals surface area contributed by atoms with Crippen LogP contribution in [0.4, 0.5) is 0 Å². The molecule has 0 unspecified atom stereocenters. The maximum atomic E-state index is 12.4. The maximum absolute atomic E-state index is 12.4. The van der Waals surface area contributed by atoms with E-state index in [0.29, 0.717) is 5.39 Å². The summed E-state index contributed by atoms with van der Waals surface area (Å²) in [6, 6.07) is 16.4. The van der Waals surface area contributed by atoms with Gasteiger partial charge < -0.3 is 14.8 Å². The van der Waals surface area contributed by atoms with Crippen LogP contribution in [0.3, 0.4) is 0 Å². The predicted molar refractivity (Wildman–Crippen MR) is 107 cm³/mol. The van der Waals surface area contributed by atoms with Crippen molar-refractivity contribution in [1.82, 2.24) is 9.97 Å². The Kier molecular flexibility index (Phi) is 5.05. The summed E-state index contributed by atoms with van der Waals surface area (Å²) in [7, 11) is 0. The highest BCUT2D eigenvalue weighted by Gasteiger charge is 2.29. The molecular formula is C22H28N4O+2. The zero-order valence-electron chi connectivity index (χ0n) is 16.1. The molecule has 0 spiro atoms. The van der Waals surface area contributed by atoms with Gasteiger partial charge in [-0.2, -0.15) is 0 Å². The molecule has 4 rings (SSSR count). The van der Waals surface area contributed by atoms with Crippen molar-refractivity contribution in [3.8, 4) is 0 Å². The lowest BCUT2D eigenvalue weighted by atomic mass is 10.1. The van der Waals surface area contributed by atoms with Crippen LogP contribution in [0.5, 0.6) is 0 Å². The highest BCUT2D eigenvalue weighted by atomic mass is 16.1. The van der Waals surface area contributed by atoms with Crippen molar-refractivity contribution >= 4 is 10.9 Å². The topological polar surface area (TPSA) is 54.6 Å². The monoisotopic (exact) mass is 364 g/mol. The molecule has 3 N–H and O–H groups in total. The minimum atomic E-state index is -0.0364. The molecule has 5 nitrogen and oxygen atoms in total. The van der Waals surface area contributed by atoms with Crippen molar-refractivity contribution in [3.63, 3.8) is 0 Å². The lowest BCUT2D eigenvalue weighted by molar-refractivity contribution is -1.03. The Bertz CT molecular complexity index is 989. The number of nitrogens with zero attached hydrogens (tertiary/aromatic N) is 1. The normalized spacial score (nSPS) is 21.3. The van der Waals surface area contributed by atoms with Crippen LogP contribution in [-0.4, -0.2) is 36.1 Å². The number of para-hydroxylation sites is 1. The number of piperazine rings is 1. The number of rotatable bonds is 4. The van der Waals surface area contributed by atoms with Crippen molar-refractivity contribution in [3.05, 3.63) is 75.8 Å². The van der Waals surface area contributed by atoms with Gasteiger partial charge in [0.1, 0.15) is 38.8 Å². The zero-order chi connectivity index (χ0) is 18.8. The zero-order valence-corrected chi connectivity index (χ0v) is 16.1. The third-order valence-electron chi connectivity index (χ3n) is 5.95. The minimum Gasteiger partial charge on any atom is -0.322 e. The summed E-state index contributed by atoms with van der Waals surface area (Å²) in [4.78, 5) is 23.2. The molecule has 1 aliphatic heterocycles. The van der Waals surface area contributed by atoms with Crippen LogP contribution in [0, 0.1) is 6.92 Å². The van der Waals surface area contributed by atoms with Gasteiger partial charge in [0.05, 0.1) is 10.9 Å². The van der Waals surface area contributed by atoms with Crippen molar-refractivity contribution in [2.75, 3.05) is 26.2 Å². The van der Waals surface area contributed by atoms with Gasteiger partial charge in [0, 0.05) is 5.56 Å². The van der Waals surface area contributed by atoms with Crippen LogP contribution in [0.15, 0.2) is 53.3 Å². The van der Waals surface area contributed by atoms with Crippen LogP contribution < -0.4 is 15.4 Å². The number of fused-ring (bicyclic) bond motifs is 1. The molecule has 1 aromatic heterocycles. The molecule has 1 saturated heterocycles. The molecule has 27 heavy (non-hydrogen) atoms. The molecule has 5 heteroatoms. The highest BCUT2D eigenvalue weighted by molar-refractivity contribution is 5.77. The fraction of sp³-hybridized carbons (Fsp3) is 0.364. The van der Waals surface area contributed by atoms with E-state index >= 15 is 0 Å². The highest BCUT2D eigenvalue weighted by Crippen LogP contribution is 2.09. The summed E-state index contributed by atoms with van der Waals surface area (Å²) in [5, 5.41) is 0.663. The van der Waals surface area contributed by atoms with E-state index in [1.165, 1.54) is 16.0 Å². The van der Waals surface area contributed by atoms with Gasteiger partial charge >= 0.3 is 0 Å². The van der Waals surface area contributed by atoms with Gasteiger partial charge in [0.2, 0.25) is 0 Å². The summed E-state index contributed by atoms with van der Waals surface area (Å²) >= 11 is 0. The molecule has 0 aliphatic carbocycles. The number of H-pyrrole nitrogens is 1. The standard InChI is InChI=1S/C22H26N4O/c1-16-7-3-4-8-18(16)15-25-11-13-26(14-12-25)17(2)21-23-20-10-6-5-9-19(20)22(27)24-21/h3-10,17H,11-15H2,1-2H3,(H,23,24,27)/p+2/t17-/m0/s1. The fourth-order valence-electron chi connectivity index (χ4n) is 4.12. The van der Waals surface area contributed by atoms with Crippen LogP contribution in [0.25, 0.3) is 10.9 Å². The molecule has 1 aliphatic rings. The quantitative estimate of drug-likeness (QED) is 0.623. The fourth-order valence-corrected chi connectivity index (χ4v) is 4.12. The number of aryl methyl sites for hydroxylation is 1. The number of hydrogen-bond donors (Lipinski definition) is 3. The first kappa shape index (κ1) is 17.9. The number of aromatic amines is 1. The SMILES string of the molecule is Cc1ccccc1C[NH+]1CC[NH+]([C@@H](C)c2nc3ccccc3c(=O)[nH]2)CC1. The Hall–Kier alpha value is -2.50. The molecule has 2 heterocycles. The van der Waals surface area contributed by atoms with E-state index in [4.69, 9.17) is 4.98 Å². The van der Waals surface area contributed by atoms with Gasteiger partial charge in [0.25, 0.3) is 5.56 Å². The summed E-state index contributed by atoms with van der Waals surface area (Å²) in [5.41, 5.74) is 3.58. The van der Waals surface area contributed by atoms with E-state index in [-0.39, 0.29) is 11.6 Å². The van der Waals surface area contributed by atoms with Gasteiger partial charge in [-0.1, -0.05) is 36.4 Å². The lowest BCUT2D eigenvalue weighted by Gasteiger charge is -2.33. The molecule has 3 aromatic rings. The van der Waals surface area contributed by atoms with Gasteiger partial charge in [-0.05, 0) is 31.5 Å².